The SMILES string of the molecule is CC(=O)N(C)Cc1ccc(O)c(O)c1. The fraction of sp³-hybridized carbons (Fsp3) is 0.300. The molecule has 0 radical (unpaired) electrons. The third-order valence-electron chi connectivity index (χ3n) is 2.00. The van der Waals surface area contributed by atoms with Crippen molar-refractivity contribution in [2.24, 2.45) is 0 Å². The van der Waals surface area contributed by atoms with Crippen molar-refractivity contribution >= 4 is 5.91 Å². The second-order valence-electron chi connectivity index (χ2n) is 3.20. The van der Waals surface area contributed by atoms with Crippen molar-refractivity contribution in [1.82, 2.24) is 4.90 Å². The molecule has 76 valence electrons. The highest BCUT2D eigenvalue weighted by Crippen LogP contribution is 2.25. The Labute approximate surface area is 82.4 Å². The highest BCUT2D eigenvalue weighted by Gasteiger charge is 2.05. The Hall–Kier alpha value is -1.71. The normalized spacial score (nSPS) is 9.86. The van der Waals surface area contributed by atoms with E-state index in [9.17, 15) is 9.90 Å². The number of carbonyl (C=O) groups is 1. The number of carbonyl (C=O) groups excluding carboxylic acids is 1. The summed E-state index contributed by atoms with van der Waals surface area (Å²) in [6, 6.07) is 4.50. The Morgan fingerprint density at radius 2 is 2.00 bits per heavy atom. The van der Waals surface area contributed by atoms with Crippen LogP contribution in [0, 0.1) is 0 Å². The van der Waals surface area contributed by atoms with Crippen molar-refractivity contribution in [2.75, 3.05) is 7.05 Å². The molecule has 0 fully saturated rings. The summed E-state index contributed by atoms with van der Waals surface area (Å²) in [7, 11) is 1.67. The zero-order chi connectivity index (χ0) is 10.7. The zero-order valence-corrected chi connectivity index (χ0v) is 8.19. The van der Waals surface area contributed by atoms with E-state index in [1.54, 1.807) is 13.1 Å². The molecule has 0 spiro atoms. The molecule has 1 aromatic rings. The fourth-order valence-corrected chi connectivity index (χ4v) is 1.05. The molecule has 0 aromatic heterocycles. The van der Waals surface area contributed by atoms with Gasteiger partial charge in [-0.1, -0.05) is 6.07 Å². The molecular formula is C10H13NO3. The largest absolute Gasteiger partial charge is 0.504 e. The molecule has 1 rings (SSSR count). The standard InChI is InChI=1S/C10H13NO3/c1-7(12)11(2)6-8-3-4-9(13)10(14)5-8/h3-5,13-14H,6H2,1-2H3. The van der Waals surface area contributed by atoms with E-state index in [0.29, 0.717) is 6.54 Å². The lowest BCUT2D eigenvalue weighted by Crippen LogP contribution is -2.22. The van der Waals surface area contributed by atoms with E-state index in [1.165, 1.54) is 24.0 Å². The van der Waals surface area contributed by atoms with Crippen LogP contribution >= 0.6 is 0 Å². The van der Waals surface area contributed by atoms with Gasteiger partial charge in [0.05, 0.1) is 0 Å². The van der Waals surface area contributed by atoms with Crippen LogP contribution in [0.25, 0.3) is 0 Å². The predicted octanol–water partition coefficient (Wildman–Crippen LogP) is 1.08. The number of hydrogen-bond acceptors (Lipinski definition) is 3. The van der Waals surface area contributed by atoms with Crippen LogP contribution in [0.4, 0.5) is 0 Å². The van der Waals surface area contributed by atoms with Gasteiger partial charge in [-0.15, -0.1) is 0 Å². The third-order valence-corrected chi connectivity index (χ3v) is 2.00. The second-order valence-corrected chi connectivity index (χ2v) is 3.20. The van der Waals surface area contributed by atoms with Crippen LogP contribution in [-0.2, 0) is 11.3 Å². The summed E-state index contributed by atoms with van der Waals surface area (Å²) in [5.74, 6) is -0.365. The molecular weight excluding hydrogens is 182 g/mol. The van der Waals surface area contributed by atoms with Gasteiger partial charge < -0.3 is 15.1 Å². The minimum absolute atomic E-state index is 0.0439. The maximum atomic E-state index is 10.9. The number of amides is 1. The van der Waals surface area contributed by atoms with E-state index in [0.717, 1.165) is 5.56 Å². The molecule has 0 unspecified atom stereocenters. The van der Waals surface area contributed by atoms with Crippen LogP contribution in [0.2, 0.25) is 0 Å². The van der Waals surface area contributed by atoms with Crippen LogP contribution in [0.3, 0.4) is 0 Å². The Kier molecular flexibility index (Phi) is 2.96. The highest BCUT2D eigenvalue weighted by atomic mass is 16.3. The van der Waals surface area contributed by atoms with Gasteiger partial charge in [0, 0.05) is 20.5 Å². The summed E-state index contributed by atoms with van der Waals surface area (Å²) in [5.41, 5.74) is 0.776. The van der Waals surface area contributed by atoms with Gasteiger partial charge in [0.15, 0.2) is 11.5 Å². The maximum absolute atomic E-state index is 10.9. The summed E-state index contributed by atoms with van der Waals surface area (Å²) in [6.45, 7) is 1.89. The topological polar surface area (TPSA) is 60.8 Å². The summed E-state index contributed by atoms with van der Waals surface area (Å²) >= 11 is 0. The monoisotopic (exact) mass is 195 g/mol. The number of hydrogen-bond donors (Lipinski definition) is 2. The van der Waals surface area contributed by atoms with Crippen molar-refractivity contribution in [2.45, 2.75) is 13.5 Å². The number of aromatic hydroxyl groups is 2. The lowest BCUT2D eigenvalue weighted by Gasteiger charge is -2.14. The van der Waals surface area contributed by atoms with Gasteiger partial charge >= 0.3 is 0 Å². The first-order chi connectivity index (χ1) is 6.50. The predicted molar refractivity (Wildman–Crippen MR) is 51.9 cm³/mol. The molecule has 1 amide bonds. The van der Waals surface area contributed by atoms with Crippen LogP contribution in [0.5, 0.6) is 11.5 Å². The first kappa shape index (κ1) is 10.4. The molecule has 0 aliphatic rings. The van der Waals surface area contributed by atoms with Crippen LogP contribution < -0.4 is 0 Å². The van der Waals surface area contributed by atoms with Gasteiger partial charge in [-0.3, -0.25) is 4.79 Å². The summed E-state index contributed by atoms with van der Waals surface area (Å²) < 4.78 is 0. The minimum atomic E-state index is -0.167. The lowest BCUT2D eigenvalue weighted by atomic mass is 10.2. The Morgan fingerprint density at radius 3 is 2.50 bits per heavy atom. The number of nitrogens with zero attached hydrogens (tertiary/aromatic N) is 1. The average Bonchev–Trinajstić information content (AvgIpc) is 2.11. The van der Waals surface area contributed by atoms with E-state index >= 15 is 0 Å². The Morgan fingerprint density at radius 1 is 1.36 bits per heavy atom. The van der Waals surface area contributed by atoms with E-state index in [2.05, 4.69) is 0 Å². The molecule has 0 saturated heterocycles. The van der Waals surface area contributed by atoms with Gasteiger partial charge in [-0.2, -0.15) is 0 Å². The molecule has 0 aliphatic heterocycles. The number of rotatable bonds is 2. The average molecular weight is 195 g/mol. The van der Waals surface area contributed by atoms with Gasteiger partial charge in [0.2, 0.25) is 5.91 Å². The van der Waals surface area contributed by atoms with Crippen molar-refractivity contribution < 1.29 is 15.0 Å². The van der Waals surface area contributed by atoms with Gasteiger partial charge in [-0.25, -0.2) is 0 Å². The van der Waals surface area contributed by atoms with Crippen molar-refractivity contribution in [3.8, 4) is 11.5 Å². The molecule has 1 aromatic carbocycles. The van der Waals surface area contributed by atoms with E-state index < -0.39 is 0 Å². The van der Waals surface area contributed by atoms with Crippen LogP contribution in [0.15, 0.2) is 18.2 Å². The second kappa shape index (κ2) is 4.00. The van der Waals surface area contributed by atoms with Crippen molar-refractivity contribution in [3.63, 3.8) is 0 Å². The minimum Gasteiger partial charge on any atom is -0.504 e. The molecule has 14 heavy (non-hydrogen) atoms. The molecule has 0 aliphatic carbocycles. The molecule has 0 atom stereocenters. The lowest BCUT2D eigenvalue weighted by molar-refractivity contribution is -0.128. The number of benzene rings is 1. The van der Waals surface area contributed by atoms with E-state index in [1.807, 2.05) is 0 Å². The zero-order valence-electron chi connectivity index (χ0n) is 8.19. The first-order valence-corrected chi connectivity index (χ1v) is 4.23. The van der Waals surface area contributed by atoms with Crippen LogP contribution in [0.1, 0.15) is 12.5 Å². The molecule has 0 saturated carbocycles. The fourth-order valence-electron chi connectivity index (χ4n) is 1.05. The molecule has 0 heterocycles. The molecule has 2 N–H and O–H groups in total. The summed E-state index contributed by atoms with van der Waals surface area (Å²) in [5, 5.41) is 18.3. The van der Waals surface area contributed by atoms with Gasteiger partial charge in [0.25, 0.3) is 0 Å². The Bertz CT molecular complexity index is 349. The summed E-state index contributed by atoms with van der Waals surface area (Å²) in [4.78, 5) is 12.4. The number of phenolic OH excluding ortho intramolecular Hbond substituents is 2. The number of phenols is 2. The van der Waals surface area contributed by atoms with Gasteiger partial charge in [-0.05, 0) is 17.7 Å². The summed E-state index contributed by atoms with van der Waals surface area (Å²) in [6.07, 6.45) is 0. The van der Waals surface area contributed by atoms with E-state index in [4.69, 9.17) is 5.11 Å². The maximum Gasteiger partial charge on any atom is 0.219 e. The quantitative estimate of drug-likeness (QED) is 0.694. The van der Waals surface area contributed by atoms with Crippen molar-refractivity contribution in [1.29, 1.82) is 0 Å². The molecule has 0 bridgehead atoms. The molecule has 4 nitrogen and oxygen atoms in total. The van der Waals surface area contributed by atoms with Crippen LogP contribution in [-0.4, -0.2) is 28.1 Å². The first-order valence-electron chi connectivity index (χ1n) is 4.23. The van der Waals surface area contributed by atoms with Gasteiger partial charge in [0.1, 0.15) is 0 Å². The smallest absolute Gasteiger partial charge is 0.219 e. The van der Waals surface area contributed by atoms with Crippen molar-refractivity contribution in [3.05, 3.63) is 23.8 Å². The van der Waals surface area contributed by atoms with E-state index in [-0.39, 0.29) is 17.4 Å². The molecule has 4 heteroatoms. The Balaban J connectivity index is 2.78. The highest BCUT2D eigenvalue weighted by molar-refractivity contribution is 5.72. The third kappa shape index (κ3) is 2.39.